The number of rotatable bonds is 6. The third kappa shape index (κ3) is 5.12. The van der Waals surface area contributed by atoms with E-state index in [1.165, 1.54) is 18.1 Å². The molecule has 0 spiro atoms. The van der Waals surface area contributed by atoms with E-state index in [0.717, 1.165) is 30.4 Å². The third-order valence-electron chi connectivity index (χ3n) is 6.45. The molecule has 34 heavy (non-hydrogen) atoms. The first-order chi connectivity index (χ1) is 16.2. The van der Waals surface area contributed by atoms with Crippen LogP contribution in [0, 0.1) is 25.7 Å². The zero-order valence-corrected chi connectivity index (χ0v) is 20.4. The largest absolute Gasteiger partial charge is 0.459 e. The van der Waals surface area contributed by atoms with Crippen molar-refractivity contribution in [1.82, 2.24) is 20.0 Å². The van der Waals surface area contributed by atoms with Crippen molar-refractivity contribution in [2.75, 3.05) is 0 Å². The molecule has 2 heterocycles. The Bertz CT molecular complexity index is 1220. The van der Waals surface area contributed by atoms with Crippen molar-refractivity contribution in [1.29, 1.82) is 0 Å². The van der Waals surface area contributed by atoms with Gasteiger partial charge < -0.3 is 9.47 Å². The third-order valence-corrected chi connectivity index (χ3v) is 6.68. The molecule has 0 aliphatic heterocycles. The van der Waals surface area contributed by atoms with E-state index in [1.807, 2.05) is 26.8 Å². The van der Waals surface area contributed by atoms with E-state index < -0.39 is 0 Å². The van der Waals surface area contributed by atoms with Crippen LogP contribution in [0.2, 0.25) is 5.15 Å². The molecule has 0 amide bonds. The number of esters is 2. The lowest BCUT2D eigenvalue weighted by atomic mass is 9.75. The number of carbonyl (C=O) groups excluding carboxylic acids is 2. The molecule has 0 saturated carbocycles. The fourth-order valence-electron chi connectivity index (χ4n) is 4.47. The Balaban J connectivity index is 1.40. The minimum atomic E-state index is -0.337. The lowest BCUT2D eigenvalue weighted by molar-refractivity contribution is -0.151. The number of aromatic nitrogens is 4. The zero-order chi connectivity index (χ0) is 24.4. The van der Waals surface area contributed by atoms with Crippen molar-refractivity contribution in [3.63, 3.8) is 0 Å². The molecule has 9 heteroatoms. The fourth-order valence-corrected chi connectivity index (χ4v) is 4.59. The van der Waals surface area contributed by atoms with Crippen LogP contribution < -0.4 is 4.74 Å². The Labute approximate surface area is 203 Å². The quantitative estimate of drug-likeness (QED) is 0.293. The Morgan fingerprint density at radius 1 is 1.26 bits per heavy atom. The molecule has 0 unspecified atom stereocenters. The van der Waals surface area contributed by atoms with E-state index in [4.69, 9.17) is 21.1 Å². The molecule has 0 fully saturated rings. The molecule has 0 radical (unpaired) electrons. The Morgan fingerprint density at radius 3 is 2.76 bits per heavy atom. The molecule has 2 aromatic heterocycles. The second-order valence-electron chi connectivity index (χ2n) is 8.76. The highest BCUT2D eigenvalue weighted by molar-refractivity contribution is 6.29. The highest BCUT2D eigenvalue weighted by atomic mass is 35.5. The van der Waals surface area contributed by atoms with Crippen LogP contribution in [-0.2, 0) is 33.8 Å². The van der Waals surface area contributed by atoms with Crippen LogP contribution in [0.15, 0.2) is 30.6 Å². The molecule has 4 rings (SSSR count). The molecule has 0 bridgehead atoms. The molecule has 0 N–H and O–H groups in total. The van der Waals surface area contributed by atoms with Crippen LogP contribution in [0.1, 0.15) is 48.2 Å². The van der Waals surface area contributed by atoms with E-state index in [1.54, 1.807) is 29.2 Å². The van der Waals surface area contributed by atoms with E-state index >= 15 is 0 Å². The van der Waals surface area contributed by atoms with Gasteiger partial charge in [0.15, 0.2) is 0 Å². The molecule has 2 atom stereocenters. The van der Waals surface area contributed by atoms with Crippen LogP contribution in [-0.4, -0.2) is 31.9 Å². The van der Waals surface area contributed by atoms with E-state index in [0.29, 0.717) is 22.3 Å². The summed E-state index contributed by atoms with van der Waals surface area (Å²) in [5.41, 5.74) is 5.80. The highest BCUT2D eigenvalue weighted by Gasteiger charge is 2.31. The zero-order valence-electron chi connectivity index (χ0n) is 19.7. The molecule has 1 aliphatic carbocycles. The number of fused-ring (bicyclic) bond motifs is 1. The SMILES string of the molecule is CC(=O)Oc1cc(C)c2c(c1C)C[C@H]([C@@H](C)C(=O)OCc1cn(-c3ccc(Cl)nc3)nn1)CC2. The van der Waals surface area contributed by atoms with Gasteiger partial charge in [-0.15, -0.1) is 5.10 Å². The maximum atomic E-state index is 12.8. The van der Waals surface area contributed by atoms with Gasteiger partial charge in [0.05, 0.1) is 24.0 Å². The summed E-state index contributed by atoms with van der Waals surface area (Å²) in [7, 11) is 0. The predicted octanol–water partition coefficient (Wildman–Crippen LogP) is 4.34. The first kappa shape index (κ1) is 23.9. The van der Waals surface area contributed by atoms with Crippen molar-refractivity contribution in [3.05, 3.63) is 63.7 Å². The summed E-state index contributed by atoms with van der Waals surface area (Å²) < 4.78 is 12.5. The van der Waals surface area contributed by atoms with Crippen molar-refractivity contribution in [2.45, 2.75) is 53.6 Å². The van der Waals surface area contributed by atoms with Gasteiger partial charge in [-0.25, -0.2) is 9.67 Å². The van der Waals surface area contributed by atoms with Gasteiger partial charge in [-0.1, -0.05) is 23.7 Å². The average Bonchev–Trinajstić information content (AvgIpc) is 3.29. The van der Waals surface area contributed by atoms with Crippen LogP contribution >= 0.6 is 11.6 Å². The number of hydrogen-bond acceptors (Lipinski definition) is 7. The number of halogens is 1. The molecule has 1 aromatic carbocycles. The van der Waals surface area contributed by atoms with Gasteiger partial charge in [-0.3, -0.25) is 9.59 Å². The van der Waals surface area contributed by atoms with Crippen molar-refractivity contribution in [2.24, 2.45) is 11.8 Å². The summed E-state index contributed by atoms with van der Waals surface area (Å²) in [5.74, 6) is -0.140. The van der Waals surface area contributed by atoms with Gasteiger partial charge >= 0.3 is 11.9 Å². The monoisotopic (exact) mass is 482 g/mol. The molecule has 8 nitrogen and oxygen atoms in total. The second kappa shape index (κ2) is 9.93. The first-order valence-electron chi connectivity index (χ1n) is 11.2. The van der Waals surface area contributed by atoms with Crippen molar-refractivity contribution >= 4 is 23.5 Å². The number of ether oxygens (including phenoxy) is 2. The standard InChI is InChI=1S/C25H27ClN4O4/c1-14-9-23(34-17(4)31)16(3)22-10-18(5-7-21(14)22)15(2)25(32)33-13-19-12-30(29-28-19)20-6-8-24(26)27-11-20/h6,8-9,11-12,15,18H,5,7,10,13H2,1-4H3/t15-,18-/m1/s1. The Kier molecular flexibility index (Phi) is 6.97. The second-order valence-corrected chi connectivity index (χ2v) is 9.15. The number of carbonyl (C=O) groups is 2. The lowest BCUT2D eigenvalue weighted by Crippen LogP contribution is -2.29. The predicted molar refractivity (Wildman–Crippen MR) is 126 cm³/mol. The summed E-state index contributed by atoms with van der Waals surface area (Å²) in [6.07, 6.45) is 5.81. The molecule has 3 aromatic rings. The van der Waals surface area contributed by atoms with Crippen molar-refractivity contribution < 1.29 is 19.1 Å². The maximum Gasteiger partial charge on any atom is 0.309 e. The molecular weight excluding hydrogens is 456 g/mol. The van der Waals surface area contributed by atoms with E-state index in [2.05, 4.69) is 15.3 Å². The molecular formula is C25H27ClN4O4. The van der Waals surface area contributed by atoms with Gasteiger partial charge in [0.2, 0.25) is 0 Å². The number of hydrogen-bond donors (Lipinski definition) is 0. The average molecular weight is 483 g/mol. The Morgan fingerprint density at radius 2 is 2.06 bits per heavy atom. The lowest BCUT2D eigenvalue weighted by Gasteiger charge is -2.31. The summed E-state index contributed by atoms with van der Waals surface area (Å²) in [4.78, 5) is 28.4. The molecule has 1 aliphatic rings. The maximum absolute atomic E-state index is 12.8. The first-order valence-corrected chi connectivity index (χ1v) is 11.6. The van der Waals surface area contributed by atoms with Gasteiger partial charge in [0, 0.05) is 6.92 Å². The summed E-state index contributed by atoms with van der Waals surface area (Å²) >= 11 is 5.82. The van der Waals surface area contributed by atoms with Gasteiger partial charge in [0.1, 0.15) is 23.2 Å². The summed E-state index contributed by atoms with van der Waals surface area (Å²) in [5, 5.41) is 8.53. The number of benzene rings is 1. The normalized spacial score (nSPS) is 16.0. The minimum Gasteiger partial charge on any atom is -0.459 e. The van der Waals surface area contributed by atoms with Crippen molar-refractivity contribution in [3.8, 4) is 11.4 Å². The minimum absolute atomic E-state index is 0.0439. The number of pyridine rings is 1. The smallest absolute Gasteiger partial charge is 0.309 e. The van der Waals surface area contributed by atoms with Crippen LogP contribution in [0.5, 0.6) is 5.75 Å². The van der Waals surface area contributed by atoms with E-state index in [-0.39, 0.29) is 30.4 Å². The van der Waals surface area contributed by atoms with Crippen LogP contribution in [0.25, 0.3) is 5.69 Å². The Hall–Kier alpha value is -3.26. The van der Waals surface area contributed by atoms with Gasteiger partial charge in [0.25, 0.3) is 0 Å². The number of nitrogens with zero attached hydrogens (tertiary/aromatic N) is 4. The highest BCUT2D eigenvalue weighted by Crippen LogP contribution is 2.38. The van der Waals surface area contributed by atoms with E-state index in [9.17, 15) is 9.59 Å². The number of aryl methyl sites for hydroxylation is 1. The molecule has 178 valence electrons. The summed E-state index contributed by atoms with van der Waals surface area (Å²) in [6.45, 7) is 7.37. The molecule has 0 saturated heterocycles. The topological polar surface area (TPSA) is 96.2 Å². The fraction of sp³-hybridized carbons (Fsp3) is 0.400. The van der Waals surface area contributed by atoms with Crippen LogP contribution in [0.4, 0.5) is 0 Å². The van der Waals surface area contributed by atoms with Crippen LogP contribution in [0.3, 0.4) is 0 Å². The summed E-state index contributed by atoms with van der Waals surface area (Å²) in [6, 6.07) is 5.38. The van der Waals surface area contributed by atoms with Gasteiger partial charge in [-0.05, 0) is 79.5 Å². The van der Waals surface area contributed by atoms with Gasteiger partial charge in [-0.2, -0.15) is 0 Å².